The highest BCUT2D eigenvalue weighted by molar-refractivity contribution is 7.98. The van der Waals surface area contributed by atoms with Crippen molar-refractivity contribution in [2.24, 2.45) is 0 Å². The molecular weight excluding hydrogens is 302 g/mol. The van der Waals surface area contributed by atoms with E-state index in [1.165, 1.54) is 0 Å². The summed E-state index contributed by atoms with van der Waals surface area (Å²) in [5, 5.41) is 2.81. The fraction of sp³-hybridized carbons (Fsp3) is 0.312. The zero-order valence-electron chi connectivity index (χ0n) is 12.4. The van der Waals surface area contributed by atoms with Crippen LogP contribution in [0, 0.1) is 0 Å². The molecule has 5 nitrogen and oxygen atoms in total. The average Bonchev–Trinajstić information content (AvgIpc) is 3.06. The molecule has 0 aliphatic rings. The van der Waals surface area contributed by atoms with Gasteiger partial charge in [0, 0.05) is 12.3 Å². The summed E-state index contributed by atoms with van der Waals surface area (Å²) in [6, 6.07) is 11.0. The number of hydrogen-bond acceptors (Lipinski definition) is 5. The number of carbonyl (C=O) groups is 1. The summed E-state index contributed by atoms with van der Waals surface area (Å²) in [5.74, 6) is 3.60. The van der Waals surface area contributed by atoms with E-state index in [-0.39, 0.29) is 12.5 Å². The summed E-state index contributed by atoms with van der Waals surface area (Å²) < 4.78 is 15.8. The lowest BCUT2D eigenvalue weighted by Gasteiger charge is -2.10. The third kappa shape index (κ3) is 5.37. The lowest BCUT2D eigenvalue weighted by Crippen LogP contribution is -2.30. The molecule has 1 aromatic heterocycles. The van der Waals surface area contributed by atoms with E-state index >= 15 is 0 Å². The second kappa shape index (κ2) is 9.04. The number of amides is 1. The Balaban J connectivity index is 1.59. The highest BCUT2D eigenvalue weighted by Crippen LogP contribution is 2.25. The molecule has 1 amide bonds. The van der Waals surface area contributed by atoms with Crippen LogP contribution in [0.15, 0.2) is 47.1 Å². The Hall–Kier alpha value is -2.08. The van der Waals surface area contributed by atoms with Crippen molar-refractivity contribution in [3.8, 4) is 11.5 Å². The molecule has 0 bridgehead atoms. The number of nitrogens with one attached hydrogen (secondary N) is 1. The topological polar surface area (TPSA) is 60.7 Å². The van der Waals surface area contributed by atoms with E-state index in [4.69, 9.17) is 13.9 Å². The van der Waals surface area contributed by atoms with Crippen LogP contribution >= 0.6 is 11.8 Å². The monoisotopic (exact) mass is 321 g/mol. The number of carbonyl (C=O) groups excluding carboxylic acids is 1. The molecular formula is C16H19NO4S. The van der Waals surface area contributed by atoms with Gasteiger partial charge in [-0.15, -0.1) is 0 Å². The normalized spacial score (nSPS) is 10.2. The first-order chi connectivity index (χ1) is 10.8. The molecule has 2 aromatic rings. The first-order valence-electron chi connectivity index (χ1n) is 6.92. The van der Waals surface area contributed by atoms with E-state index in [1.807, 2.05) is 24.3 Å². The van der Waals surface area contributed by atoms with E-state index in [1.54, 1.807) is 37.3 Å². The fourth-order valence-electron chi connectivity index (χ4n) is 1.76. The van der Waals surface area contributed by atoms with Crippen molar-refractivity contribution in [1.82, 2.24) is 5.32 Å². The zero-order valence-corrected chi connectivity index (χ0v) is 13.2. The van der Waals surface area contributed by atoms with Gasteiger partial charge in [-0.25, -0.2) is 0 Å². The fourth-order valence-corrected chi connectivity index (χ4v) is 2.52. The molecule has 118 valence electrons. The summed E-state index contributed by atoms with van der Waals surface area (Å²) in [6.45, 7) is 0.572. The molecule has 0 aliphatic heterocycles. The van der Waals surface area contributed by atoms with Crippen LogP contribution < -0.4 is 14.8 Å². The first kappa shape index (κ1) is 16.3. The number of hydrogen-bond donors (Lipinski definition) is 1. The standard InChI is InChI=1S/C16H19NO4S/c1-19-14-6-2-3-7-15(14)21-11-16(18)17-8-10-22-12-13-5-4-9-20-13/h2-7,9H,8,10-12H2,1H3,(H,17,18). The van der Waals surface area contributed by atoms with Gasteiger partial charge in [0.15, 0.2) is 18.1 Å². The summed E-state index contributed by atoms with van der Waals surface area (Å²) >= 11 is 1.70. The number of ether oxygens (including phenoxy) is 2. The molecule has 0 spiro atoms. The zero-order chi connectivity index (χ0) is 15.6. The average molecular weight is 321 g/mol. The number of para-hydroxylation sites is 2. The predicted octanol–water partition coefficient (Wildman–Crippen LogP) is 2.72. The van der Waals surface area contributed by atoms with Gasteiger partial charge >= 0.3 is 0 Å². The maximum atomic E-state index is 11.7. The van der Waals surface area contributed by atoms with E-state index in [0.29, 0.717) is 18.0 Å². The van der Waals surface area contributed by atoms with Crippen molar-refractivity contribution in [2.75, 3.05) is 26.0 Å². The smallest absolute Gasteiger partial charge is 0.257 e. The van der Waals surface area contributed by atoms with Crippen molar-refractivity contribution in [2.45, 2.75) is 5.75 Å². The van der Waals surface area contributed by atoms with Gasteiger partial charge in [-0.1, -0.05) is 12.1 Å². The molecule has 6 heteroatoms. The van der Waals surface area contributed by atoms with Gasteiger partial charge in [0.25, 0.3) is 5.91 Å². The summed E-state index contributed by atoms with van der Waals surface area (Å²) in [5.41, 5.74) is 0. The molecule has 1 aromatic carbocycles. The van der Waals surface area contributed by atoms with Crippen molar-refractivity contribution < 1.29 is 18.7 Å². The molecule has 1 N–H and O–H groups in total. The van der Waals surface area contributed by atoms with E-state index < -0.39 is 0 Å². The number of furan rings is 1. The molecule has 0 saturated carbocycles. The molecule has 2 rings (SSSR count). The predicted molar refractivity (Wildman–Crippen MR) is 86.4 cm³/mol. The minimum absolute atomic E-state index is 0.0246. The maximum absolute atomic E-state index is 11.7. The van der Waals surface area contributed by atoms with Gasteiger partial charge in [-0.05, 0) is 24.3 Å². The van der Waals surface area contributed by atoms with Gasteiger partial charge in [0.2, 0.25) is 0 Å². The Kier molecular flexibility index (Phi) is 6.70. The van der Waals surface area contributed by atoms with Gasteiger partial charge in [0.05, 0.1) is 19.1 Å². The first-order valence-corrected chi connectivity index (χ1v) is 8.07. The SMILES string of the molecule is COc1ccccc1OCC(=O)NCCSCc1ccco1. The van der Waals surface area contributed by atoms with Crippen LogP contribution in [0.25, 0.3) is 0 Å². The largest absolute Gasteiger partial charge is 0.493 e. The second-order valence-electron chi connectivity index (χ2n) is 4.42. The number of rotatable bonds is 9. The quantitative estimate of drug-likeness (QED) is 0.720. The highest BCUT2D eigenvalue weighted by atomic mass is 32.2. The lowest BCUT2D eigenvalue weighted by atomic mass is 10.3. The van der Waals surface area contributed by atoms with Crippen LogP contribution in [0.1, 0.15) is 5.76 Å². The summed E-state index contributed by atoms with van der Waals surface area (Å²) in [7, 11) is 1.57. The number of thioether (sulfide) groups is 1. The Morgan fingerprint density at radius 2 is 2.05 bits per heavy atom. The molecule has 22 heavy (non-hydrogen) atoms. The second-order valence-corrected chi connectivity index (χ2v) is 5.53. The molecule has 0 saturated heterocycles. The lowest BCUT2D eigenvalue weighted by molar-refractivity contribution is -0.122. The van der Waals surface area contributed by atoms with Crippen LogP contribution in [0.2, 0.25) is 0 Å². The van der Waals surface area contributed by atoms with Crippen LogP contribution in [0.4, 0.5) is 0 Å². The molecule has 0 aliphatic carbocycles. The Morgan fingerprint density at radius 3 is 2.77 bits per heavy atom. The third-order valence-electron chi connectivity index (χ3n) is 2.82. The Morgan fingerprint density at radius 1 is 1.23 bits per heavy atom. The van der Waals surface area contributed by atoms with Crippen LogP contribution in [0.5, 0.6) is 11.5 Å². The van der Waals surface area contributed by atoms with Crippen molar-refractivity contribution in [3.63, 3.8) is 0 Å². The molecule has 1 heterocycles. The molecule has 0 fully saturated rings. The van der Waals surface area contributed by atoms with E-state index in [2.05, 4.69) is 5.32 Å². The third-order valence-corrected chi connectivity index (χ3v) is 3.80. The summed E-state index contributed by atoms with van der Waals surface area (Å²) in [6.07, 6.45) is 1.66. The molecule has 0 atom stereocenters. The van der Waals surface area contributed by atoms with Gasteiger partial charge in [0.1, 0.15) is 5.76 Å². The van der Waals surface area contributed by atoms with Gasteiger partial charge in [-0.3, -0.25) is 4.79 Å². The minimum atomic E-state index is -0.149. The maximum Gasteiger partial charge on any atom is 0.257 e. The number of methoxy groups -OCH3 is 1. The van der Waals surface area contributed by atoms with Crippen molar-refractivity contribution in [3.05, 3.63) is 48.4 Å². The molecule has 0 radical (unpaired) electrons. The van der Waals surface area contributed by atoms with Crippen LogP contribution in [-0.2, 0) is 10.5 Å². The van der Waals surface area contributed by atoms with Gasteiger partial charge in [-0.2, -0.15) is 11.8 Å². The van der Waals surface area contributed by atoms with Crippen molar-refractivity contribution >= 4 is 17.7 Å². The van der Waals surface area contributed by atoms with Gasteiger partial charge < -0.3 is 19.2 Å². The van der Waals surface area contributed by atoms with Crippen LogP contribution in [0.3, 0.4) is 0 Å². The highest BCUT2D eigenvalue weighted by Gasteiger charge is 2.06. The Labute approximate surface area is 134 Å². The minimum Gasteiger partial charge on any atom is -0.493 e. The Bertz CT molecular complexity index is 571. The molecule has 0 unspecified atom stereocenters. The summed E-state index contributed by atoms with van der Waals surface area (Å²) in [4.78, 5) is 11.7. The number of benzene rings is 1. The van der Waals surface area contributed by atoms with Crippen LogP contribution in [-0.4, -0.2) is 31.9 Å². The van der Waals surface area contributed by atoms with E-state index in [9.17, 15) is 4.79 Å². The van der Waals surface area contributed by atoms with Crippen molar-refractivity contribution in [1.29, 1.82) is 0 Å². The van der Waals surface area contributed by atoms with E-state index in [0.717, 1.165) is 17.3 Å².